The number of benzene rings is 1. The minimum atomic E-state index is -1.17. The molecule has 0 radical (unpaired) electrons. The third kappa shape index (κ3) is 3.43. The molecule has 7 heteroatoms. The minimum Gasteiger partial charge on any atom is -0.497 e. The van der Waals surface area contributed by atoms with Gasteiger partial charge in [-0.3, -0.25) is 9.69 Å². The predicted octanol–water partition coefficient (Wildman–Crippen LogP) is 2.39. The van der Waals surface area contributed by atoms with Crippen molar-refractivity contribution in [3.05, 3.63) is 47.1 Å². The van der Waals surface area contributed by atoms with Crippen molar-refractivity contribution < 1.29 is 23.6 Å². The lowest BCUT2D eigenvalue weighted by Gasteiger charge is -2.24. The third-order valence-corrected chi connectivity index (χ3v) is 3.25. The number of hydrogen-bond acceptors (Lipinski definition) is 5. The van der Waals surface area contributed by atoms with Crippen molar-refractivity contribution in [1.82, 2.24) is 10.1 Å². The molecule has 1 N–H and O–H groups in total. The van der Waals surface area contributed by atoms with E-state index < -0.39 is 17.8 Å². The summed E-state index contributed by atoms with van der Waals surface area (Å²) >= 11 is 0. The van der Waals surface area contributed by atoms with E-state index in [0.717, 1.165) is 0 Å². The van der Waals surface area contributed by atoms with Gasteiger partial charge in [-0.05, 0) is 32.2 Å². The Labute approximate surface area is 127 Å². The first-order valence-electron chi connectivity index (χ1n) is 6.61. The van der Waals surface area contributed by atoms with E-state index in [1.54, 1.807) is 20.0 Å². The van der Waals surface area contributed by atoms with Crippen molar-refractivity contribution in [2.45, 2.75) is 19.5 Å². The van der Waals surface area contributed by atoms with E-state index in [4.69, 9.17) is 9.26 Å². The fourth-order valence-corrected chi connectivity index (χ4v) is 2.25. The van der Waals surface area contributed by atoms with Gasteiger partial charge in [0, 0.05) is 11.6 Å². The molecular formula is C15H17FN2O4. The molecule has 1 aromatic heterocycles. The Morgan fingerprint density at radius 3 is 2.77 bits per heavy atom. The molecule has 118 valence electrons. The second-order valence-electron chi connectivity index (χ2n) is 4.98. The van der Waals surface area contributed by atoms with Crippen LogP contribution in [0.5, 0.6) is 5.75 Å². The zero-order chi connectivity index (χ0) is 16.3. The largest absolute Gasteiger partial charge is 0.497 e. The molecule has 0 aliphatic rings. The van der Waals surface area contributed by atoms with Gasteiger partial charge in [0.25, 0.3) is 0 Å². The molecule has 0 amide bonds. The number of ether oxygens (including phenoxy) is 1. The van der Waals surface area contributed by atoms with E-state index in [1.807, 2.05) is 0 Å². The molecule has 0 fully saturated rings. The Balaban J connectivity index is 2.31. The molecule has 0 saturated heterocycles. The molecule has 2 aromatic rings. The van der Waals surface area contributed by atoms with Crippen molar-refractivity contribution >= 4 is 5.97 Å². The monoisotopic (exact) mass is 308 g/mol. The number of rotatable bonds is 6. The summed E-state index contributed by atoms with van der Waals surface area (Å²) in [6.07, 6.45) is 0. The highest BCUT2D eigenvalue weighted by atomic mass is 19.1. The molecule has 0 saturated carbocycles. The average Bonchev–Trinajstić information content (AvgIpc) is 2.86. The van der Waals surface area contributed by atoms with Gasteiger partial charge in [0.15, 0.2) is 5.76 Å². The molecule has 1 aromatic carbocycles. The number of aliphatic carboxylic acids is 1. The highest BCUT2D eigenvalue weighted by molar-refractivity contribution is 5.75. The van der Waals surface area contributed by atoms with Crippen molar-refractivity contribution in [2.75, 3.05) is 14.2 Å². The molecule has 0 unspecified atom stereocenters. The van der Waals surface area contributed by atoms with Crippen molar-refractivity contribution in [2.24, 2.45) is 0 Å². The van der Waals surface area contributed by atoms with E-state index >= 15 is 0 Å². The Hall–Kier alpha value is -2.41. The van der Waals surface area contributed by atoms with Gasteiger partial charge in [-0.15, -0.1) is 0 Å². The van der Waals surface area contributed by atoms with E-state index in [1.165, 1.54) is 30.2 Å². The van der Waals surface area contributed by atoms with E-state index in [9.17, 15) is 14.3 Å². The van der Waals surface area contributed by atoms with Crippen LogP contribution >= 0.6 is 0 Å². The van der Waals surface area contributed by atoms with Crippen LogP contribution in [0.1, 0.15) is 23.1 Å². The Bertz CT molecular complexity index is 671. The van der Waals surface area contributed by atoms with Crippen LogP contribution < -0.4 is 4.74 Å². The van der Waals surface area contributed by atoms with Crippen LogP contribution in [0, 0.1) is 12.7 Å². The number of likely N-dealkylation sites (N-methyl/N-ethyl adjacent to an activating group) is 1. The van der Waals surface area contributed by atoms with Gasteiger partial charge in [0.2, 0.25) is 0 Å². The zero-order valence-corrected chi connectivity index (χ0v) is 12.5. The number of carboxylic acids is 1. The number of aryl methyl sites for hydroxylation is 1. The van der Waals surface area contributed by atoms with Gasteiger partial charge in [-0.25, -0.2) is 4.39 Å². The standard InChI is InChI=1S/C15H17FN2O4/c1-9-6-11(22-17-9)8-18(2)14(15(19)20)12-7-10(21-3)4-5-13(12)16/h4-7,14H,8H2,1-3H3,(H,19,20)/t14-/m0/s1. The van der Waals surface area contributed by atoms with Gasteiger partial charge in [0.1, 0.15) is 17.6 Å². The number of hydrogen-bond donors (Lipinski definition) is 1. The van der Waals surface area contributed by atoms with Crippen LogP contribution in [0.2, 0.25) is 0 Å². The molecule has 22 heavy (non-hydrogen) atoms. The van der Waals surface area contributed by atoms with Gasteiger partial charge in [-0.1, -0.05) is 5.16 Å². The quantitative estimate of drug-likeness (QED) is 0.883. The molecule has 0 spiro atoms. The summed E-state index contributed by atoms with van der Waals surface area (Å²) in [7, 11) is 3.02. The molecule has 6 nitrogen and oxygen atoms in total. The first-order chi connectivity index (χ1) is 10.4. The number of aromatic nitrogens is 1. The average molecular weight is 308 g/mol. The molecule has 0 aliphatic carbocycles. The summed E-state index contributed by atoms with van der Waals surface area (Å²) in [6.45, 7) is 1.96. The SMILES string of the molecule is COc1ccc(F)c([C@@H](C(=O)O)N(C)Cc2cc(C)no2)c1. The van der Waals surface area contributed by atoms with Crippen molar-refractivity contribution in [3.8, 4) is 5.75 Å². The maximum absolute atomic E-state index is 14.0. The third-order valence-electron chi connectivity index (χ3n) is 3.25. The highest BCUT2D eigenvalue weighted by Gasteiger charge is 2.28. The van der Waals surface area contributed by atoms with Crippen molar-refractivity contribution in [1.29, 1.82) is 0 Å². The molecule has 0 aliphatic heterocycles. The second-order valence-corrected chi connectivity index (χ2v) is 4.98. The van der Waals surface area contributed by atoms with Crippen molar-refractivity contribution in [3.63, 3.8) is 0 Å². The molecule has 1 heterocycles. The molecule has 0 bridgehead atoms. The number of methoxy groups -OCH3 is 1. The van der Waals surface area contributed by atoms with Gasteiger partial charge >= 0.3 is 5.97 Å². The number of nitrogens with zero attached hydrogens (tertiary/aromatic N) is 2. The number of halogens is 1. The van der Waals surface area contributed by atoms with Crippen LogP contribution in [0.15, 0.2) is 28.8 Å². The predicted molar refractivity (Wildman–Crippen MR) is 76.0 cm³/mol. The number of carbonyl (C=O) groups is 1. The van der Waals surface area contributed by atoms with Gasteiger partial charge < -0.3 is 14.4 Å². The van der Waals surface area contributed by atoms with E-state index in [0.29, 0.717) is 17.2 Å². The summed E-state index contributed by atoms with van der Waals surface area (Å²) in [4.78, 5) is 13.1. The number of carboxylic acid groups (broad SMARTS) is 1. The Morgan fingerprint density at radius 2 is 2.23 bits per heavy atom. The van der Waals surface area contributed by atoms with Crippen LogP contribution in [-0.4, -0.2) is 35.3 Å². The Kier molecular flexibility index (Phi) is 4.77. The topological polar surface area (TPSA) is 75.8 Å². The van der Waals surface area contributed by atoms with Crippen LogP contribution in [0.4, 0.5) is 4.39 Å². The summed E-state index contributed by atoms with van der Waals surface area (Å²) in [5, 5.41) is 13.2. The maximum atomic E-state index is 14.0. The van der Waals surface area contributed by atoms with Crippen LogP contribution in [0.25, 0.3) is 0 Å². The van der Waals surface area contributed by atoms with Crippen LogP contribution in [0.3, 0.4) is 0 Å². The Morgan fingerprint density at radius 1 is 1.50 bits per heavy atom. The molecule has 2 rings (SSSR count). The summed E-state index contributed by atoms with van der Waals surface area (Å²) < 4.78 is 24.1. The smallest absolute Gasteiger partial charge is 0.325 e. The van der Waals surface area contributed by atoms with E-state index in [-0.39, 0.29) is 12.1 Å². The zero-order valence-electron chi connectivity index (χ0n) is 12.5. The molecular weight excluding hydrogens is 291 g/mol. The summed E-state index contributed by atoms with van der Waals surface area (Å²) in [5.74, 6) is -0.860. The highest BCUT2D eigenvalue weighted by Crippen LogP contribution is 2.27. The summed E-state index contributed by atoms with van der Waals surface area (Å²) in [5.41, 5.74) is 0.730. The lowest BCUT2D eigenvalue weighted by molar-refractivity contribution is -0.143. The second kappa shape index (κ2) is 6.57. The first-order valence-corrected chi connectivity index (χ1v) is 6.61. The minimum absolute atomic E-state index is 0.0330. The molecule has 1 atom stereocenters. The summed E-state index contributed by atoms with van der Waals surface area (Å²) in [6, 6.07) is 4.56. The van der Waals surface area contributed by atoms with E-state index in [2.05, 4.69) is 5.16 Å². The normalized spacial score (nSPS) is 12.4. The fraction of sp³-hybridized carbons (Fsp3) is 0.333. The first kappa shape index (κ1) is 16.0. The van der Waals surface area contributed by atoms with Gasteiger partial charge in [0.05, 0.1) is 19.3 Å². The lowest BCUT2D eigenvalue weighted by atomic mass is 10.0. The van der Waals surface area contributed by atoms with Gasteiger partial charge in [-0.2, -0.15) is 0 Å². The fourth-order valence-electron chi connectivity index (χ4n) is 2.25. The van der Waals surface area contributed by atoms with Crippen LogP contribution in [-0.2, 0) is 11.3 Å². The maximum Gasteiger partial charge on any atom is 0.325 e. The lowest BCUT2D eigenvalue weighted by Crippen LogP contribution is -2.31.